The molecule has 152 valence electrons. The van der Waals surface area contributed by atoms with E-state index < -0.39 is 5.76 Å². The van der Waals surface area contributed by atoms with Gasteiger partial charge in [0.2, 0.25) is 0 Å². The van der Waals surface area contributed by atoms with Crippen LogP contribution in [0.1, 0.15) is 11.7 Å². The van der Waals surface area contributed by atoms with E-state index in [2.05, 4.69) is 20.0 Å². The largest absolute Gasteiger partial charge is 0.439 e. The number of nitrogens with one attached hydrogen (secondary N) is 2. The minimum Gasteiger partial charge on any atom is -0.372 e. The van der Waals surface area contributed by atoms with E-state index in [0.717, 1.165) is 5.56 Å². The third kappa shape index (κ3) is 4.45. The summed E-state index contributed by atoms with van der Waals surface area (Å²) >= 11 is 12.2. The Labute approximate surface area is 175 Å². The Morgan fingerprint density at radius 1 is 1.17 bits per heavy atom. The molecule has 10 heteroatoms. The number of nitrogens with zero attached hydrogens (tertiary/aromatic N) is 2. The first-order valence-corrected chi connectivity index (χ1v) is 9.81. The molecular formula is C19H18Cl2N4O4. The molecule has 0 radical (unpaired) electrons. The molecule has 4 rings (SSSR count). The van der Waals surface area contributed by atoms with E-state index in [9.17, 15) is 9.59 Å². The summed E-state index contributed by atoms with van der Waals surface area (Å²) in [5.74, 6) is -0.433. The second-order valence-electron chi connectivity index (χ2n) is 6.78. The van der Waals surface area contributed by atoms with Crippen molar-refractivity contribution in [3.8, 4) is 11.4 Å². The highest BCUT2D eigenvalue weighted by atomic mass is 35.5. The van der Waals surface area contributed by atoms with E-state index in [0.29, 0.717) is 41.8 Å². The maximum absolute atomic E-state index is 12.5. The second-order valence-corrected chi connectivity index (χ2v) is 7.60. The van der Waals surface area contributed by atoms with Crippen LogP contribution < -0.4 is 16.6 Å². The Kier molecular flexibility index (Phi) is 5.86. The molecule has 0 unspecified atom stereocenters. The predicted molar refractivity (Wildman–Crippen MR) is 108 cm³/mol. The number of rotatable bonds is 4. The van der Waals surface area contributed by atoms with Gasteiger partial charge in [-0.3, -0.25) is 14.3 Å². The molecular weight excluding hydrogens is 419 g/mol. The number of hydrogen-bond donors (Lipinski definition) is 2. The van der Waals surface area contributed by atoms with Gasteiger partial charge in [0.15, 0.2) is 5.82 Å². The first-order chi connectivity index (χ1) is 14.0. The van der Waals surface area contributed by atoms with Gasteiger partial charge in [0, 0.05) is 43.4 Å². The topological polar surface area (TPSA) is 102 Å². The fourth-order valence-corrected chi connectivity index (χ4v) is 3.73. The molecule has 0 amide bonds. The van der Waals surface area contributed by atoms with Crippen LogP contribution in [0.4, 0.5) is 0 Å². The summed E-state index contributed by atoms with van der Waals surface area (Å²) in [6.45, 7) is 2.30. The molecule has 0 spiro atoms. The van der Waals surface area contributed by atoms with Crippen molar-refractivity contribution in [2.75, 3.05) is 19.7 Å². The third-order valence-electron chi connectivity index (χ3n) is 4.81. The van der Waals surface area contributed by atoms with Crippen LogP contribution >= 0.6 is 23.2 Å². The van der Waals surface area contributed by atoms with Crippen molar-refractivity contribution in [1.82, 2.24) is 20.0 Å². The molecule has 2 aromatic heterocycles. The lowest BCUT2D eigenvalue weighted by molar-refractivity contribution is 0.0251. The van der Waals surface area contributed by atoms with Crippen LogP contribution in [-0.4, -0.2) is 34.4 Å². The summed E-state index contributed by atoms with van der Waals surface area (Å²) in [4.78, 5) is 26.2. The van der Waals surface area contributed by atoms with Crippen LogP contribution in [0.2, 0.25) is 10.0 Å². The van der Waals surface area contributed by atoms with Gasteiger partial charge in [0.25, 0.3) is 5.56 Å². The first-order valence-electron chi connectivity index (χ1n) is 9.05. The Hall–Kier alpha value is -2.39. The van der Waals surface area contributed by atoms with Crippen molar-refractivity contribution in [1.29, 1.82) is 0 Å². The van der Waals surface area contributed by atoms with Gasteiger partial charge in [0.1, 0.15) is 0 Å². The smallest absolute Gasteiger partial charge is 0.372 e. The number of pyridine rings is 1. The van der Waals surface area contributed by atoms with Crippen molar-refractivity contribution in [3.63, 3.8) is 0 Å². The number of ether oxygens (including phenoxy) is 1. The van der Waals surface area contributed by atoms with Gasteiger partial charge in [-0.15, -0.1) is 0 Å². The maximum Gasteiger partial charge on any atom is 0.439 e. The zero-order chi connectivity index (χ0) is 20.4. The third-order valence-corrected chi connectivity index (χ3v) is 5.55. The standard InChI is InChI=1S/C19H18Cl2N4O4/c20-14-3-1-11(7-15(14)21)17-13(8-22-5-6-28-17)10-25-9-12(2-4-16(25)26)18-23-19(27)29-24-18/h1-4,7,9,13,17,22H,5-6,8,10H2,(H,23,24,27)/t13-,17-/m0/s1. The Bertz CT molecular complexity index is 1120. The van der Waals surface area contributed by atoms with Crippen molar-refractivity contribution in [3.05, 3.63) is 73.0 Å². The number of halogens is 2. The van der Waals surface area contributed by atoms with Gasteiger partial charge in [-0.05, 0) is 23.8 Å². The molecule has 1 aromatic carbocycles. The lowest BCUT2D eigenvalue weighted by Crippen LogP contribution is -2.32. The molecule has 2 atom stereocenters. The van der Waals surface area contributed by atoms with Gasteiger partial charge >= 0.3 is 5.76 Å². The fraction of sp³-hybridized carbons (Fsp3) is 0.316. The van der Waals surface area contributed by atoms with Gasteiger partial charge in [-0.25, -0.2) is 4.79 Å². The van der Waals surface area contributed by atoms with Gasteiger partial charge in [-0.2, -0.15) is 0 Å². The highest BCUT2D eigenvalue weighted by Gasteiger charge is 2.27. The van der Waals surface area contributed by atoms with E-state index in [1.165, 1.54) is 6.07 Å². The maximum atomic E-state index is 12.5. The van der Waals surface area contributed by atoms with E-state index in [1.807, 2.05) is 6.07 Å². The molecule has 1 saturated heterocycles. The normalized spacial score (nSPS) is 19.8. The summed E-state index contributed by atoms with van der Waals surface area (Å²) in [6.07, 6.45) is 1.38. The summed E-state index contributed by atoms with van der Waals surface area (Å²) in [7, 11) is 0. The average molecular weight is 437 g/mol. The zero-order valence-corrected chi connectivity index (χ0v) is 16.7. The number of H-pyrrole nitrogens is 1. The fourth-order valence-electron chi connectivity index (χ4n) is 3.43. The molecule has 0 saturated carbocycles. The quantitative estimate of drug-likeness (QED) is 0.651. The van der Waals surface area contributed by atoms with E-state index in [4.69, 9.17) is 27.9 Å². The lowest BCUT2D eigenvalue weighted by Gasteiger charge is -2.26. The number of aromatic nitrogens is 3. The van der Waals surface area contributed by atoms with Crippen LogP contribution in [0, 0.1) is 5.92 Å². The number of benzene rings is 1. The minimum atomic E-state index is -0.654. The summed E-state index contributed by atoms with van der Waals surface area (Å²) in [6, 6.07) is 8.45. The minimum absolute atomic E-state index is 0.0425. The Balaban J connectivity index is 1.66. The average Bonchev–Trinajstić information content (AvgIpc) is 3.01. The molecule has 3 heterocycles. The van der Waals surface area contributed by atoms with Crippen LogP contribution in [0.15, 0.2) is 50.6 Å². The van der Waals surface area contributed by atoms with E-state index >= 15 is 0 Å². The Morgan fingerprint density at radius 3 is 2.79 bits per heavy atom. The summed E-state index contributed by atoms with van der Waals surface area (Å²) in [5.41, 5.74) is 1.30. The second kappa shape index (κ2) is 8.54. The van der Waals surface area contributed by atoms with E-state index in [-0.39, 0.29) is 23.4 Å². The molecule has 0 aliphatic carbocycles. The van der Waals surface area contributed by atoms with Crippen molar-refractivity contribution < 1.29 is 9.26 Å². The van der Waals surface area contributed by atoms with Crippen LogP contribution in [0.25, 0.3) is 11.4 Å². The number of hydrogen-bond acceptors (Lipinski definition) is 6. The first kappa shape index (κ1) is 19.9. The molecule has 1 aliphatic rings. The van der Waals surface area contributed by atoms with E-state index in [1.54, 1.807) is 29.0 Å². The Morgan fingerprint density at radius 2 is 2.03 bits per heavy atom. The number of aromatic amines is 1. The SMILES string of the molecule is O=c1[nH]c(-c2ccc(=O)n(C[C@@H]3CNCCO[C@H]3c3ccc(Cl)c(Cl)c3)c2)no1. The predicted octanol–water partition coefficient (Wildman–Crippen LogP) is 2.48. The highest BCUT2D eigenvalue weighted by Crippen LogP contribution is 2.32. The molecule has 1 aliphatic heterocycles. The molecule has 1 fully saturated rings. The van der Waals surface area contributed by atoms with Gasteiger partial charge in [-0.1, -0.05) is 34.4 Å². The van der Waals surface area contributed by atoms with Crippen molar-refractivity contribution in [2.45, 2.75) is 12.6 Å². The monoisotopic (exact) mass is 436 g/mol. The molecule has 0 bridgehead atoms. The highest BCUT2D eigenvalue weighted by molar-refractivity contribution is 6.42. The molecule has 3 aromatic rings. The summed E-state index contributed by atoms with van der Waals surface area (Å²) in [5, 5.41) is 7.95. The van der Waals surface area contributed by atoms with Crippen LogP contribution in [-0.2, 0) is 11.3 Å². The van der Waals surface area contributed by atoms with Crippen molar-refractivity contribution in [2.24, 2.45) is 5.92 Å². The molecule has 8 nitrogen and oxygen atoms in total. The molecule has 2 N–H and O–H groups in total. The van der Waals surface area contributed by atoms with Gasteiger partial charge < -0.3 is 14.6 Å². The lowest BCUT2D eigenvalue weighted by atomic mass is 9.95. The van der Waals surface area contributed by atoms with Crippen LogP contribution in [0.5, 0.6) is 0 Å². The zero-order valence-electron chi connectivity index (χ0n) is 15.2. The van der Waals surface area contributed by atoms with Crippen molar-refractivity contribution >= 4 is 23.2 Å². The summed E-state index contributed by atoms with van der Waals surface area (Å²) < 4.78 is 12.2. The van der Waals surface area contributed by atoms with Gasteiger partial charge in [0.05, 0.1) is 22.8 Å². The molecule has 29 heavy (non-hydrogen) atoms. The van der Waals surface area contributed by atoms with Crippen LogP contribution in [0.3, 0.4) is 0 Å².